The fraction of sp³-hybridized carbons (Fsp3) is 0.320. The molecule has 0 aliphatic carbocycles. The highest BCUT2D eigenvalue weighted by Crippen LogP contribution is 2.37. The number of aryl methyl sites for hydroxylation is 1. The van der Waals surface area contributed by atoms with Gasteiger partial charge in [-0.25, -0.2) is 14.4 Å². The van der Waals surface area contributed by atoms with Crippen molar-refractivity contribution in [1.29, 1.82) is 0 Å². The molecule has 0 aliphatic heterocycles. The number of carbonyl (C=O) groups is 1. The highest BCUT2D eigenvalue weighted by molar-refractivity contribution is 5.87. The smallest absolute Gasteiger partial charge is 0.230 e. The number of hydrogen-bond donors (Lipinski definition) is 2. The summed E-state index contributed by atoms with van der Waals surface area (Å²) in [6.07, 6.45) is 5.24. The average molecular weight is 467 g/mol. The minimum Gasteiger partial charge on any atom is -0.493 e. The van der Waals surface area contributed by atoms with E-state index in [1.54, 1.807) is 37.4 Å². The molecule has 4 rings (SSSR count). The Hall–Kier alpha value is -3.88. The SMILES string of the molecule is COc1cc2c(Oc3ccc4[nH]c(C)cc4c3F)ncnc2cc1OCCCCCCC(N)=O. The summed E-state index contributed by atoms with van der Waals surface area (Å²) in [7, 11) is 1.55. The second-order valence-corrected chi connectivity index (χ2v) is 8.07. The van der Waals surface area contributed by atoms with E-state index in [0.717, 1.165) is 31.4 Å². The summed E-state index contributed by atoms with van der Waals surface area (Å²) in [5, 5.41) is 1.03. The molecule has 1 amide bonds. The van der Waals surface area contributed by atoms with Gasteiger partial charge in [-0.05, 0) is 44.0 Å². The van der Waals surface area contributed by atoms with Crippen molar-refractivity contribution < 1.29 is 23.4 Å². The number of unbranched alkanes of at least 4 members (excludes halogenated alkanes) is 3. The number of primary amides is 1. The van der Waals surface area contributed by atoms with E-state index < -0.39 is 5.82 Å². The highest BCUT2D eigenvalue weighted by Gasteiger charge is 2.16. The molecule has 2 heterocycles. The predicted molar refractivity (Wildman–Crippen MR) is 127 cm³/mol. The van der Waals surface area contributed by atoms with Crippen LogP contribution in [0, 0.1) is 12.7 Å². The third-order valence-electron chi connectivity index (χ3n) is 5.50. The Morgan fingerprint density at radius 2 is 1.85 bits per heavy atom. The molecule has 0 aliphatic rings. The van der Waals surface area contributed by atoms with Crippen molar-refractivity contribution >= 4 is 27.7 Å². The zero-order chi connectivity index (χ0) is 24.1. The van der Waals surface area contributed by atoms with Gasteiger partial charge in [-0.15, -0.1) is 0 Å². The monoisotopic (exact) mass is 466 g/mol. The van der Waals surface area contributed by atoms with Crippen molar-refractivity contribution in [2.24, 2.45) is 5.73 Å². The average Bonchev–Trinajstić information content (AvgIpc) is 3.21. The highest BCUT2D eigenvalue weighted by atomic mass is 19.1. The summed E-state index contributed by atoms with van der Waals surface area (Å²) in [4.78, 5) is 22.4. The minimum absolute atomic E-state index is 0.0714. The Labute approximate surface area is 196 Å². The number of fused-ring (bicyclic) bond motifs is 2. The molecule has 8 nitrogen and oxygen atoms in total. The number of nitrogens with zero attached hydrogens (tertiary/aromatic N) is 2. The zero-order valence-corrected chi connectivity index (χ0v) is 19.2. The Bertz CT molecular complexity index is 1320. The zero-order valence-electron chi connectivity index (χ0n) is 19.2. The molecule has 34 heavy (non-hydrogen) atoms. The standard InChI is InChI=1S/C25H27FN4O4/c1-15-11-16-18(30-15)8-9-20(24(16)26)34-25-17-12-21(32-2)22(13-19(17)28-14-29-25)33-10-6-4-3-5-7-23(27)31/h8-9,11-14,30H,3-7,10H2,1-2H3,(H2,27,31). The van der Waals surface area contributed by atoms with Crippen LogP contribution in [0.4, 0.5) is 4.39 Å². The number of aromatic amines is 1. The van der Waals surface area contributed by atoms with Gasteiger partial charge < -0.3 is 24.9 Å². The van der Waals surface area contributed by atoms with Crippen LogP contribution in [0.25, 0.3) is 21.8 Å². The van der Waals surface area contributed by atoms with Crippen molar-refractivity contribution in [2.45, 2.75) is 39.0 Å². The third-order valence-corrected chi connectivity index (χ3v) is 5.50. The maximum Gasteiger partial charge on any atom is 0.230 e. The number of ether oxygens (including phenoxy) is 3. The molecule has 0 bridgehead atoms. The molecule has 9 heteroatoms. The van der Waals surface area contributed by atoms with E-state index in [1.165, 1.54) is 6.33 Å². The second kappa shape index (κ2) is 10.4. The summed E-state index contributed by atoms with van der Waals surface area (Å²) >= 11 is 0. The number of carbonyl (C=O) groups excluding carboxylic acids is 1. The van der Waals surface area contributed by atoms with Crippen LogP contribution < -0.4 is 19.9 Å². The summed E-state index contributed by atoms with van der Waals surface area (Å²) in [6.45, 7) is 2.36. The number of hydrogen-bond acceptors (Lipinski definition) is 6. The van der Waals surface area contributed by atoms with Crippen LogP contribution in [0.5, 0.6) is 23.1 Å². The van der Waals surface area contributed by atoms with Crippen molar-refractivity contribution in [1.82, 2.24) is 15.0 Å². The molecule has 0 saturated heterocycles. The first kappa shape index (κ1) is 23.3. The Morgan fingerprint density at radius 3 is 2.65 bits per heavy atom. The lowest BCUT2D eigenvalue weighted by Gasteiger charge is -2.13. The molecule has 0 fully saturated rings. The molecule has 2 aromatic heterocycles. The number of methoxy groups -OCH3 is 1. The fourth-order valence-corrected chi connectivity index (χ4v) is 3.80. The van der Waals surface area contributed by atoms with E-state index in [-0.39, 0.29) is 17.5 Å². The topological polar surface area (TPSA) is 112 Å². The summed E-state index contributed by atoms with van der Waals surface area (Å²) in [5.74, 6) is 0.601. The molecule has 0 spiro atoms. The molecule has 0 atom stereocenters. The molecule has 0 saturated carbocycles. The number of rotatable bonds is 11. The van der Waals surface area contributed by atoms with Crippen LogP contribution in [-0.2, 0) is 4.79 Å². The van der Waals surface area contributed by atoms with Crippen LogP contribution in [0.2, 0.25) is 0 Å². The first-order chi connectivity index (χ1) is 16.5. The van der Waals surface area contributed by atoms with Crippen molar-refractivity contribution in [3.05, 3.63) is 48.2 Å². The summed E-state index contributed by atoms with van der Waals surface area (Å²) in [5.41, 5.74) is 7.30. The van der Waals surface area contributed by atoms with Gasteiger partial charge in [-0.3, -0.25) is 4.79 Å². The van der Waals surface area contributed by atoms with Gasteiger partial charge in [0, 0.05) is 29.1 Å². The number of halogens is 1. The maximum atomic E-state index is 15.0. The van der Waals surface area contributed by atoms with E-state index in [1.807, 2.05) is 6.92 Å². The van der Waals surface area contributed by atoms with Gasteiger partial charge in [0.15, 0.2) is 23.1 Å². The first-order valence-electron chi connectivity index (χ1n) is 11.2. The lowest BCUT2D eigenvalue weighted by molar-refractivity contribution is -0.118. The van der Waals surface area contributed by atoms with E-state index in [0.29, 0.717) is 46.3 Å². The minimum atomic E-state index is -0.462. The fourth-order valence-electron chi connectivity index (χ4n) is 3.80. The van der Waals surface area contributed by atoms with Gasteiger partial charge in [-0.2, -0.15) is 0 Å². The van der Waals surface area contributed by atoms with Gasteiger partial charge in [0.05, 0.1) is 24.6 Å². The van der Waals surface area contributed by atoms with E-state index >= 15 is 4.39 Å². The van der Waals surface area contributed by atoms with Gasteiger partial charge in [0.25, 0.3) is 0 Å². The summed E-state index contributed by atoms with van der Waals surface area (Å²) in [6, 6.07) is 8.55. The largest absolute Gasteiger partial charge is 0.493 e. The van der Waals surface area contributed by atoms with E-state index in [4.69, 9.17) is 19.9 Å². The van der Waals surface area contributed by atoms with Crippen LogP contribution >= 0.6 is 0 Å². The maximum absolute atomic E-state index is 15.0. The predicted octanol–water partition coefficient (Wildman–Crippen LogP) is 5.17. The molecular formula is C25H27FN4O4. The molecule has 4 aromatic rings. The van der Waals surface area contributed by atoms with Gasteiger partial charge >= 0.3 is 0 Å². The Morgan fingerprint density at radius 1 is 1.03 bits per heavy atom. The normalized spacial score (nSPS) is 11.1. The van der Waals surface area contributed by atoms with Crippen molar-refractivity contribution in [3.63, 3.8) is 0 Å². The van der Waals surface area contributed by atoms with Crippen molar-refractivity contribution in [3.8, 4) is 23.1 Å². The van der Waals surface area contributed by atoms with Gasteiger partial charge in [0.2, 0.25) is 11.8 Å². The molecule has 0 unspecified atom stereocenters. The van der Waals surface area contributed by atoms with Crippen LogP contribution in [-0.4, -0.2) is 34.6 Å². The second-order valence-electron chi connectivity index (χ2n) is 8.07. The lowest BCUT2D eigenvalue weighted by atomic mass is 10.1. The summed E-state index contributed by atoms with van der Waals surface area (Å²) < 4.78 is 32.3. The molecule has 0 radical (unpaired) electrons. The molecule has 178 valence electrons. The third kappa shape index (κ3) is 5.19. The number of nitrogens with one attached hydrogen (secondary N) is 1. The number of amides is 1. The van der Waals surface area contributed by atoms with E-state index in [2.05, 4.69) is 15.0 Å². The molecule has 3 N–H and O–H groups in total. The van der Waals surface area contributed by atoms with Gasteiger partial charge in [0.1, 0.15) is 6.33 Å². The molecular weight excluding hydrogens is 439 g/mol. The van der Waals surface area contributed by atoms with E-state index in [9.17, 15) is 4.79 Å². The number of H-pyrrole nitrogens is 1. The van der Waals surface area contributed by atoms with Crippen molar-refractivity contribution in [2.75, 3.05) is 13.7 Å². The number of nitrogens with two attached hydrogens (primary N) is 1. The lowest BCUT2D eigenvalue weighted by Crippen LogP contribution is -2.09. The Kier molecular flexibility index (Phi) is 7.10. The first-order valence-corrected chi connectivity index (χ1v) is 11.2. The van der Waals surface area contributed by atoms with Crippen LogP contribution in [0.15, 0.2) is 36.7 Å². The van der Waals surface area contributed by atoms with Crippen LogP contribution in [0.3, 0.4) is 0 Å². The number of benzene rings is 2. The van der Waals surface area contributed by atoms with Crippen LogP contribution in [0.1, 0.15) is 37.8 Å². The quantitative estimate of drug-likeness (QED) is 0.295. The Balaban J connectivity index is 1.50. The number of aromatic nitrogens is 3. The van der Waals surface area contributed by atoms with Gasteiger partial charge in [-0.1, -0.05) is 12.8 Å². The molecule has 2 aromatic carbocycles.